The van der Waals surface area contributed by atoms with Gasteiger partial charge in [-0.05, 0) is 32.9 Å². The summed E-state index contributed by atoms with van der Waals surface area (Å²) in [6, 6.07) is 3.98. The number of rotatable bonds is 6. The van der Waals surface area contributed by atoms with Gasteiger partial charge in [0, 0.05) is 23.0 Å². The molecule has 0 saturated carbocycles. The number of hydrogen-bond donors (Lipinski definition) is 2. The third-order valence-electron chi connectivity index (χ3n) is 2.33. The summed E-state index contributed by atoms with van der Waals surface area (Å²) in [5.41, 5.74) is -0.525. The molecule has 7 heteroatoms. The van der Waals surface area contributed by atoms with Gasteiger partial charge in [-0.1, -0.05) is 11.6 Å². The molecule has 0 saturated heterocycles. The van der Waals surface area contributed by atoms with Crippen LogP contribution in [-0.4, -0.2) is 26.8 Å². The maximum absolute atomic E-state index is 11.2. The number of halogens is 1. The molecule has 18 heavy (non-hydrogen) atoms. The highest BCUT2D eigenvalue weighted by Gasteiger charge is 2.22. The van der Waals surface area contributed by atoms with Crippen LogP contribution in [0.3, 0.4) is 0 Å². The summed E-state index contributed by atoms with van der Waals surface area (Å²) in [6.07, 6.45) is 1.16. The van der Waals surface area contributed by atoms with Gasteiger partial charge in [0.25, 0.3) is 0 Å². The van der Waals surface area contributed by atoms with E-state index in [0.717, 1.165) is 15.5 Å². The van der Waals surface area contributed by atoms with Gasteiger partial charge in [0.1, 0.15) is 0 Å². The first-order valence-corrected chi connectivity index (χ1v) is 8.65. The van der Waals surface area contributed by atoms with Crippen molar-refractivity contribution in [3.05, 3.63) is 21.3 Å². The highest BCUT2D eigenvalue weighted by Crippen LogP contribution is 2.26. The summed E-state index contributed by atoms with van der Waals surface area (Å²) >= 11 is 7.40. The van der Waals surface area contributed by atoms with E-state index >= 15 is 0 Å². The lowest BCUT2D eigenvalue weighted by Gasteiger charge is -2.27. The van der Waals surface area contributed by atoms with Crippen LogP contribution < -0.4 is 10.0 Å². The Morgan fingerprint density at radius 3 is 2.50 bits per heavy atom. The van der Waals surface area contributed by atoms with Crippen LogP contribution in [-0.2, 0) is 10.0 Å². The van der Waals surface area contributed by atoms with Crippen LogP contribution in [0.25, 0.3) is 0 Å². The molecule has 0 radical (unpaired) electrons. The van der Waals surface area contributed by atoms with Gasteiger partial charge in [0.15, 0.2) is 0 Å². The normalized spacial score (nSPS) is 14.7. The van der Waals surface area contributed by atoms with Gasteiger partial charge in [-0.15, -0.1) is 11.3 Å². The van der Waals surface area contributed by atoms with E-state index in [0.29, 0.717) is 6.54 Å². The molecule has 104 valence electrons. The molecule has 4 nitrogen and oxygen atoms in total. The van der Waals surface area contributed by atoms with Crippen molar-refractivity contribution in [3.63, 3.8) is 0 Å². The summed E-state index contributed by atoms with van der Waals surface area (Å²) in [4.78, 5) is 1.13. The second kappa shape index (κ2) is 5.88. The number of thiophene rings is 1. The first kappa shape index (κ1) is 15.9. The first-order chi connectivity index (χ1) is 8.09. The van der Waals surface area contributed by atoms with E-state index in [2.05, 4.69) is 10.0 Å². The average molecular weight is 311 g/mol. The smallest absolute Gasteiger partial charge is 0.209 e. The van der Waals surface area contributed by atoms with Crippen molar-refractivity contribution in [2.75, 3.05) is 12.8 Å². The second-order valence-electron chi connectivity index (χ2n) is 5.00. The van der Waals surface area contributed by atoms with E-state index in [-0.39, 0.29) is 6.04 Å². The lowest BCUT2D eigenvalue weighted by Crippen LogP contribution is -2.50. The van der Waals surface area contributed by atoms with Crippen molar-refractivity contribution >= 4 is 33.0 Å². The Balaban J connectivity index is 2.54. The molecule has 1 rings (SSSR count). The molecule has 1 atom stereocenters. The molecule has 0 aliphatic rings. The fourth-order valence-corrected chi connectivity index (χ4v) is 3.77. The SMILES string of the molecule is CC(NCC(C)(C)NS(C)(=O)=O)c1ccc(Cl)s1. The summed E-state index contributed by atoms with van der Waals surface area (Å²) in [5, 5.41) is 3.30. The molecule has 1 aromatic heterocycles. The molecule has 0 spiro atoms. The third kappa shape index (κ3) is 5.67. The lowest BCUT2D eigenvalue weighted by molar-refractivity contribution is 0.401. The van der Waals surface area contributed by atoms with Crippen LogP contribution in [0.4, 0.5) is 0 Å². The number of nitrogens with one attached hydrogen (secondary N) is 2. The van der Waals surface area contributed by atoms with E-state index in [1.807, 2.05) is 32.9 Å². The zero-order valence-electron chi connectivity index (χ0n) is 11.0. The highest BCUT2D eigenvalue weighted by atomic mass is 35.5. The highest BCUT2D eigenvalue weighted by molar-refractivity contribution is 7.88. The van der Waals surface area contributed by atoms with Crippen LogP contribution >= 0.6 is 22.9 Å². The molecule has 0 aliphatic heterocycles. The Bertz CT molecular complexity index is 497. The zero-order chi connectivity index (χ0) is 14.0. The van der Waals surface area contributed by atoms with Crippen LogP contribution in [0, 0.1) is 0 Å². The molecule has 0 aromatic carbocycles. The maximum atomic E-state index is 11.2. The minimum absolute atomic E-state index is 0.142. The third-order valence-corrected chi connectivity index (χ3v) is 4.67. The molecule has 0 amide bonds. The van der Waals surface area contributed by atoms with Crippen molar-refractivity contribution in [1.82, 2.24) is 10.0 Å². The maximum Gasteiger partial charge on any atom is 0.209 e. The van der Waals surface area contributed by atoms with E-state index in [1.54, 1.807) is 0 Å². The average Bonchev–Trinajstić information content (AvgIpc) is 2.57. The van der Waals surface area contributed by atoms with Gasteiger partial charge in [-0.2, -0.15) is 0 Å². The Hall–Kier alpha value is -0.140. The summed E-state index contributed by atoms with van der Waals surface area (Å²) < 4.78 is 25.8. The summed E-state index contributed by atoms with van der Waals surface area (Å²) in [7, 11) is -3.20. The largest absolute Gasteiger partial charge is 0.308 e. The molecule has 0 aliphatic carbocycles. The molecule has 1 heterocycles. The molecule has 1 unspecified atom stereocenters. The van der Waals surface area contributed by atoms with E-state index in [9.17, 15) is 8.42 Å². The number of hydrogen-bond acceptors (Lipinski definition) is 4. The zero-order valence-corrected chi connectivity index (χ0v) is 13.3. The Labute approximate surface area is 118 Å². The van der Waals surface area contributed by atoms with Crippen molar-refractivity contribution in [1.29, 1.82) is 0 Å². The molecule has 2 N–H and O–H groups in total. The minimum atomic E-state index is -3.20. The minimum Gasteiger partial charge on any atom is -0.308 e. The molecular weight excluding hydrogens is 292 g/mol. The molecule has 0 bridgehead atoms. The fraction of sp³-hybridized carbons (Fsp3) is 0.636. The Morgan fingerprint density at radius 1 is 1.44 bits per heavy atom. The Kier molecular flexibility index (Phi) is 5.20. The van der Waals surface area contributed by atoms with Crippen LogP contribution in [0.5, 0.6) is 0 Å². The predicted octanol–water partition coefficient (Wildman–Crippen LogP) is 2.38. The molecular formula is C11H19ClN2O2S2. The number of sulfonamides is 1. The molecule has 0 fully saturated rings. The van der Waals surface area contributed by atoms with Gasteiger partial charge >= 0.3 is 0 Å². The predicted molar refractivity (Wildman–Crippen MR) is 77.8 cm³/mol. The first-order valence-electron chi connectivity index (χ1n) is 5.57. The van der Waals surface area contributed by atoms with E-state index in [1.165, 1.54) is 11.3 Å². The van der Waals surface area contributed by atoms with E-state index in [4.69, 9.17) is 11.6 Å². The van der Waals surface area contributed by atoms with Crippen LogP contribution in [0.15, 0.2) is 12.1 Å². The standard InChI is InChI=1S/C11H19ClN2O2S2/c1-8(9-5-6-10(12)17-9)13-7-11(2,3)14-18(4,15)16/h5-6,8,13-14H,7H2,1-4H3. The summed E-state index contributed by atoms with van der Waals surface area (Å²) in [6.45, 7) is 6.25. The van der Waals surface area contributed by atoms with Crippen LogP contribution in [0.1, 0.15) is 31.7 Å². The van der Waals surface area contributed by atoms with Gasteiger partial charge < -0.3 is 5.32 Å². The second-order valence-corrected chi connectivity index (χ2v) is 8.50. The van der Waals surface area contributed by atoms with Gasteiger partial charge in [-0.25, -0.2) is 13.1 Å². The van der Waals surface area contributed by atoms with Crippen LogP contribution in [0.2, 0.25) is 4.34 Å². The summed E-state index contributed by atoms with van der Waals surface area (Å²) in [5.74, 6) is 0. The van der Waals surface area contributed by atoms with Gasteiger partial charge in [-0.3, -0.25) is 0 Å². The molecule has 1 aromatic rings. The van der Waals surface area contributed by atoms with Gasteiger partial charge in [0.05, 0.1) is 10.6 Å². The topological polar surface area (TPSA) is 58.2 Å². The monoisotopic (exact) mass is 310 g/mol. The Morgan fingerprint density at radius 2 is 2.06 bits per heavy atom. The van der Waals surface area contributed by atoms with Gasteiger partial charge in [0.2, 0.25) is 10.0 Å². The quantitative estimate of drug-likeness (QED) is 0.848. The fourth-order valence-electron chi connectivity index (χ4n) is 1.61. The van der Waals surface area contributed by atoms with Crippen molar-refractivity contribution in [3.8, 4) is 0 Å². The van der Waals surface area contributed by atoms with Crippen molar-refractivity contribution in [2.45, 2.75) is 32.4 Å². The van der Waals surface area contributed by atoms with E-state index < -0.39 is 15.6 Å². The van der Waals surface area contributed by atoms with Crippen molar-refractivity contribution in [2.24, 2.45) is 0 Å². The van der Waals surface area contributed by atoms with Crippen molar-refractivity contribution < 1.29 is 8.42 Å². The lowest BCUT2D eigenvalue weighted by atomic mass is 10.1.